The average Bonchev–Trinajstić information content (AvgIpc) is 2.76. The van der Waals surface area contributed by atoms with Crippen LogP contribution in [-0.2, 0) is 23.6 Å². The molecule has 0 aliphatic heterocycles. The first-order valence-corrected chi connectivity index (χ1v) is 7.22. The van der Waals surface area contributed by atoms with E-state index in [1.54, 1.807) is 14.1 Å². The van der Waals surface area contributed by atoms with Crippen LogP contribution in [0, 0.1) is 6.92 Å². The molecule has 7 heteroatoms. The highest BCUT2D eigenvalue weighted by atomic mass is 32.2. The maximum Gasteiger partial charge on any atom is 0.261 e. The van der Waals surface area contributed by atoms with Crippen molar-refractivity contribution in [2.45, 2.75) is 18.5 Å². The molecule has 0 saturated heterocycles. The predicted octanol–water partition coefficient (Wildman–Crippen LogP) is 0.944. The van der Waals surface area contributed by atoms with Gasteiger partial charge in [0, 0.05) is 20.6 Å². The Morgan fingerprint density at radius 1 is 1.37 bits per heavy atom. The molecule has 0 amide bonds. The second kappa shape index (κ2) is 5.10. The molecule has 0 bridgehead atoms. The van der Waals surface area contributed by atoms with Crippen molar-refractivity contribution in [3.05, 3.63) is 41.6 Å². The second-order valence-electron chi connectivity index (χ2n) is 4.45. The molecule has 1 aromatic carbocycles. The summed E-state index contributed by atoms with van der Waals surface area (Å²) in [5, 5.41) is 7.33. The Morgan fingerprint density at radius 2 is 2.11 bits per heavy atom. The highest BCUT2D eigenvalue weighted by Crippen LogP contribution is 2.15. The van der Waals surface area contributed by atoms with E-state index in [4.69, 9.17) is 0 Å². The van der Waals surface area contributed by atoms with E-state index in [1.165, 1.54) is 15.2 Å². The molecular weight excluding hydrogens is 264 g/mol. The maximum atomic E-state index is 12.3. The summed E-state index contributed by atoms with van der Waals surface area (Å²) in [5.74, 6) is 0. The minimum atomic E-state index is -3.57. The van der Waals surface area contributed by atoms with E-state index in [9.17, 15) is 8.42 Å². The summed E-state index contributed by atoms with van der Waals surface area (Å²) in [4.78, 5) is 0. The zero-order valence-corrected chi connectivity index (χ0v) is 11.9. The highest BCUT2D eigenvalue weighted by molar-refractivity contribution is 7.89. The number of sulfonamides is 1. The fourth-order valence-electron chi connectivity index (χ4n) is 1.83. The van der Waals surface area contributed by atoms with Crippen molar-refractivity contribution in [3.8, 4) is 0 Å². The Kier molecular flexibility index (Phi) is 3.68. The van der Waals surface area contributed by atoms with Gasteiger partial charge in [-0.15, -0.1) is 5.10 Å². The minimum Gasteiger partial charge on any atom is -0.236 e. The van der Waals surface area contributed by atoms with Gasteiger partial charge >= 0.3 is 0 Å². The molecule has 0 radical (unpaired) electrons. The van der Waals surface area contributed by atoms with Crippen molar-refractivity contribution in [1.29, 1.82) is 0 Å². The van der Waals surface area contributed by atoms with Gasteiger partial charge in [-0.05, 0) is 12.5 Å². The Labute approximate surface area is 112 Å². The lowest BCUT2D eigenvalue weighted by atomic mass is 10.1. The Hall–Kier alpha value is -1.73. The first-order chi connectivity index (χ1) is 8.91. The van der Waals surface area contributed by atoms with Gasteiger partial charge in [-0.25, -0.2) is 13.1 Å². The van der Waals surface area contributed by atoms with Crippen LogP contribution < -0.4 is 0 Å². The lowest BCUT2D eigenvalue weighted by Crippen LogP contribution is -2.28. The van der Waals surface area contributed by atoms with Crippen molar-refractivity contribution in [1.82, 2.24) is 19.3 Å². The van der Waals surface area contributed by atoms with Crippen LogP contribution in [0.3, 0.4) is 0 Å². The SMILES string of the molecule is Cc1cccc(CN(C)S(=O)(=O)c2cnnn2C)c1. The van der Waals surface area contributed by atoms with Crippen molar-refractivity contribution < 1.29 is 8.42 Å². The number of nitrogens with zero attached hydrogens (tertiary/aromatic N) is 4. The lowest BCUT2D eigenvalue weighted by molar-refractivity contribution is 0.457. The molecule has 2 aromatic rings. The van der Waals surface area contributed by atoms with Crippen LogP contribution in [0.5, 0.6) is 0 Å². The molecule has 0 aliphatic carbocycles. The van der Waals surface area contributed by atoms with E-state index >= 15 is 0 Å². The summed E-state index contributed by atoms with van der Waals surface area (Å²) in [6.45, 7) is 2.29. The van der Waals surface area contributed by atoms with E-state index in [0.717, 1.165) is 11.1 Å². The van der Waals surface area contributed by atoms with Gasteiger partial charge in [0.1, 0.15) is 0 Å². The summed E-state index contributed by atoms with van der Waals surface area (Å²) >= 11 is 0. The minimum absolute atomic E-state index is 0.0858. The number of rotatable bonds is 4. The van der Waals surface area contributed by atoms with Gasteiger partial charge in [0.2, 0.25) is 0 Å². The van der Waals surface area contributed by atoms with Crippen molar-refractivity contribution in [2.75, 3.05) is 7.05 Å². The van der Waals surface area contributed by atoms with Crippen LogP contribution >= 0.6 is 0 Å². The molecule has 0 aliphatic rings. The molecule has 0 saturated carbocycles. The number of hydrogen-bond acceptors (Lipinski definition) is 4. The molecule has 6 nitrogen and oxygen atoms in total. The summed E-state index contributed by atoms with van der Waals surface area (Å²) in [6.07, 6.45) is 1.25. The summed E-state index contributed by atoms with van der Waals surface area (Å²) < 4.78 is 27.2. The monoisotopic (exact) mass is 280 g/mol. The van der Waals surface area contributed by atoms with Crippen LogP contribution in [0.25, 0.3) is 0 Å². The maximum absolute atomic E-state index is 12.3. The molecule has 0 N–H and O–H groups in total. The van der Waals surface area contributed by atoms with Gasteiger partial charge in [0.05, 0.1) is 6.20 Å². The largest absolute Gasteiger partial charge is 0.261 e. The van der Waals surface area contributed by atoms with Gasteiger partial charge in [-0.3, -0.25) is 0 Å². The quantitative estimate of drug-likeness (QED) is 0.836. The standard InChI is InChI=1S/C12H16N4O2S/c1-10-5-4-6-11(7-10)9-15(2)19(17,18)12-8-13-14-16(12)3/h4-8H,9H2,1-3H3. The highest BCUT2D eigenvalue weighted by Gasteiger charge is 2.24. The molecule has 0 spiro atoms. The fraction of sp³-hybridized carbons (Fsp3) is 0.333. The Balaban J connectivity index is 2.25. The van der Waals surface area contributed by atoms with Gasteiger partial charge in [0.25, 0.3) is 10.0 Å². The van der Waals surface area contributed by atoms with Gasteiger partial charge in [0.15, 0.2) is 5.03 Å². The summed E-state index contributed by atoms with van der Waals surface area (Å²) in [6, 6.07) is 7.76. The molecule has 2 rings (SSSR count). The lowest BCUT2D eigenvalue weighted by Gasteiger charge is -2.16. The predicted molar refractivity (Wildman–Crippen MR) is 70.8 cm³/mol. The second-order valence-corrected chi connectivity index (χ2v) is 6.44. The molecule has 19 heavy (non-hydrogen) atoms. The molecule has 1 heterocycles. The van der Waals surface area contributed by atoms with E-state index in [1.807, 2.05) is 31.2 Å². The summed E-state index contributed by atoms with van der Waals surface area (Å²) in [7, 11) is -0.464. The van der Waals surface area contributed by atoms with Crippen molar-refractivity contribution in [2.24, 2.45) is 7.05 Å². The van der Waals surface area contributed by atoms with Gasteiger partial charge in [-0.2, -0.15) is 4.31 Å². The normalized spacial score (nSPS) is 12.0. The zero-order valence-electron chi connectivity index (χ0n) is 11.1. The van der Waals surface area contributed by atoms with E-state index in [0.29, 0.717) is 6.54 Å². The number of benzene rings is 1. The van der Waals surface area contributed by atoms with Crippen LogP contribution in [0.1, 0.15) is 11.1 Å². The first-order valence-electron chi connectivity index (χ1n) is 5.78. The smallest absolute Gasteiger partial charge is 0.236 e. The summed E-state index contributed by atoms with van der Waals surface area (Å²) in [5.41, 5.74) is 2.05. The van der Waals surface area contributed by atoms with Gasteiger partial charge < -0.3 is 0 Å². The van der Waals surface area contributed by atoms with E-state index in [2.05, 4.69) is 10.3 Å². The molecule has 0 unspecified atom stereocenters. The Bertz CT molecular complexity index is 679. The average molecular weight is 280 g/mol. The third kappa shape index (κ3) is 2.82. The first kappa shape index (κ1) is 13.7. The number of aryl methyl sites for hydroxylation is 2. The van der Waals surface area contributed by atoms with Crippen LogP contribution in [-0.4, -0.2) is 34.8 Å². The molecule has 0 atom stereocenters. The topological polar surface area (TPSA) is 68.1 Å². The number of hydrogen-bond donors (Lipinski definition) is 0. The third-order valence-corrected chi connectivity index (χ3v) is 4.68. The molecular formula is C12H16N4O2S. The Morgan fingerprint density at radius 3 is 2.68 bits per heavy atom. The molecule has 0 fully saturated rings. The van der Waals surface area contributed by atoms with Crippen molar-refractivity contribution >= 4 is 10.0 Å². The third-order valence-electron chi connectivity index (χ3n) is 2.84. The van der Waals surface area contributed by atoms with Gasteiger partial charge in [-0.1, -0.05) is 35.0 Å². The fourth-order valence-corrected chi connectivity index (χ4v) is 3.02. The van der Waals surface area contributed by atoms with E-state index in [-0.39, 0.29) is 5.03 Å². The van der Waals surface area contributed by atoms with E-state index < -0.39 is 10.0 Å². The van der Waals surface area contributed by atoms with Crippen LogP contribution in [0.15, 0.2) is 35.5 Å². The van der Waals surface area contributed by atoms with Crippen LogP contribution in [0.2, 0.25) is 0 Å². The molecule has 1 aromatic heterocycles. The van der Waals surface area contributed by atoms with Crippen molar-refractivity contribution in [3.63, 3.8) is 0 Å². The zero-order chi connectivity index (χ0) is 14.0. The molecule has 102 valence electrons. The number of aromatic nitrogens is 3. The van der Waals surface area contributed by atoms with Crippen LogP contribution in [0.4, 0.5) is 0 Å².